The zero-order valence-electron chi connectivity index (χ0n) is 12.6. The molecule has 1 heterocycles. The zero-order valence-corrected chi connectivity index (χ0v) is 13.4. The zero-order chi connectivity index (χ0) is 15.4. The van der Waals surface area contributed by atoms with Crippen LogP contribution in [0.3, 0.4) is 0 Å². The molecule has 0 spiro atoms. The molecule has 0 atom stereocenters. The molecule has 0 unspecified atom stereocenters. The lowest BCUT2D eigenvalue weighted by atomic mass is 10.1. The number of rotatable bonds is 4. The van der Waals surface area contributed by atoms with Crippen molar-refractivity contribution in [2.45, 2.75) is 24.0 Å². The topological polar surface area (TPSA) is 24.4 Å². The largest absolute Gasteiger partial charge is 0.370 e. The molecule has 2 aromatic carbocycles. The molecule has 2 nitrogen and oxygen atoms in total. The Balaban J connectivity index is 1.81. The number of nitrogens with zero attached hydrogens (tertiary/aromatic N) is 1. The van der Waals surface area contributed by atoms with Crippen molar-refractivity contribution in [1.82, 2.24) is 5.32 Å². The molecule has 114 valence electrons. The molecular formula is C18H19FN2S. The van der Waals surface area contributed by atoms with Crippen LogP contribution in [0.25, 0.3) is 0 Å². The third kappa shape index (κ3) is 3.33. The molecular weight excluding hydrogens is 295 g/mol. The SMILES string of the molecule is Cc1cccc(CSc2ccccc2C2=NCCCN2)c1F. The highest BCUT2D eigenvalue weighted by molar-refractivity contribution is 7.98. The molecule has 0 aliphatic carbocycles. The van der Waals surface area contributed by atoms with Gasteiger partial charge in [0.15, 0.2) is 0 Å². The smallest absolute Gasteiger partial charge is 0.130 e. The molecule has 1 aliphatic heterocycles. The first-order valence-corrected chi connectivity index (χ1v) is 8.49. The van der Waals surface area contributed by atoms with E-state index in [9.17, 15) is 4.39 Å². The summed E-state index contributed by atoms with van der Waals surface area (Å²) in [5.41, 5.74) is 2.56. The van der Waals surface area contributed by atoms with Gasteiger partial charge in [0.1, 0.15) is 11.7 Å². The molecule has 0 radical (unpaired) electrons. The fourth-order valence-electron chi connectivity index (χ4n) is 2.48. The second-order valence-electron chi connectivity index (χ2n) is 5.34. The minimum absolute atomic E-state index is 0.0967. The van der Waals surface area contributed by atoms with Gasteiger partial charge in [-0.15, -0.1) is 11.8 Å². The van der Waals surface area contributed by atoms with Gasteiger partial charge in [-0.3, -0.25) is 4.99 Å². The van der Waals surface area contributed by atoms with E-state index >= 15 is 0 Å². The van der Waals surface area contributed by atoms with E-state index in [4.69, 9.17) is 0 Å². The van der Waals surface area contributed by atoms with Crippen molar-refractivity contribution in [2.24, 2.45) is 4.99 Å². The number of halogens is 1. The van der Waals surface area contributed by atoms with E-state index < -0.39 is 0 Å². The number of hydrogen-bond acceptors (Lipinski definition) is 3. The van der Waals surface area contributed by atoms with Gasteiger partial charge in [-0.05, 0) is 30.5 Å². The Bertz CT molecular complexity index is 697. The number of benzene rings is 2. The van der Waals surface area contributed by atoms with E-state index in [1.54, 1.807) is 24.8 Å². The third-order valence-corrected chi connectivity index (χ3v) is 4.82. The van der Waals surface area contributed by atoms with E-state index in [1.807, 2.05) is 24.3 Å². The number of aliphatic imine (C=N–C) groups is 1. The molecule has 0 aromatic heterocycles. The van der Waals surface area contributed by atoms with Crippen LogP contribution in [0, 0.1) is 12.7 Å². The molecule has 1 N–H and O–H groups in total. The fourth-order valence-corrected chi connectivity index (χ4v) is 3.51. The summed E-state index contributed by atoms with van der Waals surface area (Å²) in [5.74, 6) is 1.48. The Labute approximate surface area is 134 Å². The van der Waals surface area contributed by atoms with Gasteiger partial charge in [-0.1, -0.05) is 36.4 Å². The Hall–Kier alpha value is -1.81. The summed E-state index contributed by atoms with van der Waals surface area (Å²) in [6, 6.07) is 13.8. The van der Waals surface area contributed by atoms with Crippen LogP contribution in [0.4, 0.5) is 4.39 Å². The van der Waals surface area contributed by atoms with Crippen LogP contribution in [-0.2, 0) is 5.75 Å². The first-order valence-electron chi connectivity index (χ1n) is 7.50. The van der Waals surface area contributed by atoms with Gasteiger partial charge in [0.2, 0.25) is 0 Å². The van der Waals surface area contributed by atoms with Crippen molar-refractivity contribution in [3.05, 3.63) is 65.0 Å². The molecule has 0 bridgehead atoms. The van der Waals surface area contributed by atoms with Gasteiger partial charge in [-0.25, -0.2) is 4.39 Å². The summed E-state index contributed by atoms with van der Waals surface area (Å²) in [7, 11) is 0. The van der Waals surface area contributed by atoms with Gasteiger partial charge in [0, 0.05) is 29.3 Å². The average molecular weight is 314 g/mol. The summed E-state index contributed by atoms with van der Waals surface area (Å²) in [5, 5.41) is 3.36. The Morgan fingerprint density at radius 2 is 2.05 bits per heavy atom. The van der Waals surface area contributed by atoms with E-state index in [-0.39, 0.29) is 5.82 Å². The molecule has 0 saturated carbocycles. The maximum absolute atomic E-state index is 14.1. The fraction of sp³-hybridized carbons (Fsp3) is 0.278. The van der Waals surface area contributed by atoms with Crippen LogP contribution in [0.15, 0.2) is 52.4 Å². The van der Waals surface area contributed by atoms with Gasteiger partial charge in [-0.2, -0.15) is 0 Å². The lowest BCUT2D eigenvalue weighted by Gasteiger charge is -2.17. The van der Waals surface area contributed by atoms with Gasteiger partial charge >= 0.3 is 0 Å². The molecule has 0 amide bonds. The molecule has 1 aliphatic rings. The van der Waals surface area contributed by atoms with Crippen molar-refractivity contribution in [3.8, 4) is 0 Å². The van der Waals surface area contributed by atoms with Gasteiger partial charge in [0.25, 0.3) is 0 Å². The Kier molecular flexibility index (Phi) is 4.78. The number of nitrogens with one attached hydrogen (secondary N) is 1. The van der Waals surface area contributed by atoms with Crippen LogP contribution in [0.2, 0.25) is 0 Å². The quantitative estimate of drug-likeness (QED) is 0.857. The molecule has 0 saturated heterocycles. The van der Waals surface area contributed by atoms with Crippen LogP contribution < -0.4 is 5.32 Å². The lowest BCUT2D eigenvalue weighted by molar-refractivity contribution is 0.608. The number of thioether (sulfide) groups is 1. The minimum atomic E-state index is -0.0967. The van der Waals surface area contributed by atoms with Gasteiger partial charge in [0.05, 0.1) is 0 Å². The molecule has 0 fully saturated rings. The summed E-state index contributed by atoms with van der Waals surface area (Å²) >= 11 is 1.66. The summed E-state index contributed by atoms with van der Waals surface area (Å²) in [4.78, 5) is 5.70. The Morgan fingerprint density at radius 1 is 1.18 bits per heavy atom. The van der Waals surface area contributed by atoms with Crippen molar-refractivity contribution >= 4 is 17.6 Å². The third-order valence-electron chi connectivity index (χ3n) is 3.69. The van der Waals surface area contributed by atoms with E-state index in [0.29, 0.717) is 11.3 Å². The molecule has 2 aromatic rings. The van der Waals surface area contributed by atoms with Crippen molar-refractivity contribution in [1.29, 1.82) is 0 Å². The lowest BCUT2D eigenvalue weighted by Crippen LogP contribution is -2.30. The van der Waals surface area contributed by atoms with Crippen LogP contribution in [-0.4, -0.2) is 18.9 Å². The molecule has 3 rings (SSSR count). The summed E-state index contributed by atoms with van der Waals surface area (Å²) in [6.45, 7) is 3.64. The maximum atomic E-state index is 14.1. The summed E-state index contributed by atoms with van der Waals surface area (Å²) in [6.07, 6.45) is 1.08. The van der Waals surface area contributed by atoms with Crippen LogP contribution in [0.5, 0.6) is 0 Å². The van der Waals surface area contributed by atoms with E-state index in [2.05, 4.69) is 22.4 Å². The highest BCUT2D eigenvalue weighted by Gasteiger charge is 2.12. The number of amidine groups is 1. The van der Waals surface area contributed by atoms with Crippen LogP contribution in [0.1, 0.15) is 23.1 Å². The highest BCUT2D eigenvalue weighted by atomic mass is 32.2. The number of aryl methyl sites for hydroxylation is 1. The first kappa shape index (κ1) is 15.1. The van der Waals surface area contributed by atoms with Crippen molar-refractivity contribution < 1.29 is 4.39 Å². The van der Waals surface area contributed by atoms with E-state index in [0.717, 1.165) is 41.4 Å². The predicted octanol–water partition coefficient (Wildman–Crippen LogP) is 4.17. The summed E-state index contributed by atoms with van der Waals surface area (Å²) < 4.78 is 14.1. The first-order chi connectivity index (χ1) is 10.8. The second-order valence-corrected chi connectivity index (χ2v) is 6.36. The van der Waals surface area contributed by atoms with Crippen molar-refractivity contribution in [2.75, 3.05) is 13.1 Å². The standard InChI is InChI=1S/C18H19FN2S/c1-13-6-4-7-14(17(13)19)12-22-16-9-3-2-8-15(16)18-20-10-5-11-21-18/h2-4,6-9H,5,10-12H2,1H3,(H,20,21). The van der Waals surface area contributed by atoms with Crippen molar-refractivity contribution in [3.63, 3.8) is 0 Å². The molecule has 4 heteroatoms. The second kappa shape index (κ2) is 6.97. The Morgan fingerprint density at radius 3 is 2.86 bits per heavy atom. The van der Waals surface area contributed by atoms with E-state index in [1.165, 1.54) is 0 Å². The normalized spacial score (nSPS) is 14.4. The highest BCUT2D eigenvalue weighted by Crippen LogP contribution is 2.28. The van der Waals surface area contributed by atoms with Gasteiger partial charge < -0.3 is 5.32 Å². The minimum Gasteiger partial charge on any atom is -0.370 e. The maximum Gasteiger partial charge on any atom is 0.130 e. The molecule has 22 heavy (non-hydrogen) atoms. The number of hydrogen-bond donors (Lipinski definition) is 1. The van der Waals surface area contributed by atoms with Crippen LogP contribution >= 0.6 is 11.8 Å². The predicted molar refractivity (Wildman–Crippen MR) is 91.2 cm³/mol. The monoisotopic (exact) mass is 314 g/mol. The average Bonchev–Trinajstić information content (AvgIpc) is 2.57.